The van der Waals surface area contributed by atoms with Crippen LogP contribution in [-0.2, 0) is 0 Å². The molecular weight excluding hydrogens is 260 g/mol. The zero-order chi connectivity index (χ0) is 14.3. The summed E-state index contributed by atoms with van der Waals surface area (Å²) in [6, 6.07) is 0. The van der Waals surface area contributed by atoms with Crippen molar-refractivity contribution in [2.75, 3.05) is 0 Å². The van der Waals surface area contributed by atoms with Crippen molar-refractivity contribution in [2.24, 2.45) is 0 Å². The predicted molar refractivity (Wildman–Crippen MR) is 81.9 cm³/mol. The molecule has 10 N–H and O–H groups in total. The monoisotopic (exact) mass is 286 g/mol. The van der Waals surface area contributed by atoms with Gasteiger partial charge in [0.1, 0.15) is 0 Å². The summed E-state index contributed by atoms with van der Waals surface area (Å²) in [5.74, 6) is 0. The molecule has 0 bridgehead atoms. The quantitative estimate of drug-likeness (QED) is 0.363. The lowest BCUT2D eigenvalue weighted by Gasteiger charge is -2.25. The Balaban J connectivity index is -0.00000144. The second kappa shape index (κ2) is 11.3. The van der Waals surface area contributed by atoms with Gasteiger partial charge in [-0.25, -0.2) is 0 Å². The molecule has 0 aliphatic heterocycles. The summed E-state index contributed by atoms with van der Waals surface area (Å²) >= 11 is 0. The summed E-state index contributed by atoms with van der Waals surface area (Å²) in [5, 5.41) is 39.2. The van der Waals surface area contributed by atoms with Gasteiger partial charge >= 0.3 is 0 Å². The lowest BCUT2D eigenvalue weighted by Crippen LogP contribution is -2.29. The molecule has 0 radical (unpaired) electrons. The maximum atomic E-state index is 9.80. The predicted octanol–water partition coefficient (Wildman–Crippen LogP) is 0.795. The van der Waals surface area contributed by atoms with Crippen LogP contribution in [0.1, 0.15) is 0 Å². The van der Waals surface area contributed by atoms with Crippen molar-refractivity contribution >= 4 is 0 Å². The number of hydrogen-bond donors (Lipinski definition) is 6. The molecule has 0 rings (SSSR count). The van der Waals surface area contributed by atoms with E-state index in [2.05, 4.69) is 26.3 Å². The minimum Gasteiger partial charge on any atom is -0.385 e. The Kier molecular flexibility index (Phi) is 13.3. The van der Waals surface area contributed by atoms with Crippen LogP contribution in [0.15, 0.2) is 61.8 Å². The zero-order valence-electron chi connectivity index (χ0n) is 11.7. The molecule has 0 amide bonds. The molecule has 6 heteroatoms. The Hall–Kier alpha value is -1.54. The fourth-order valence-corrected chi connectivity index (χ4v) is 1.54. The maximum absolute atomic E-state index is 9.80. The topological polar surface area (TPSA) is 151 Å². The summed E-state index contributed by atoms with van der Waals surface area (Å²) in [6.07, 6.45) is -0.202. The van der Waals surface area contributed by atoms with E-state index in [1.54, 1.807) is 0 Å². The van der Waals surface area contributed by atoms with Crippen LogP contribution in [0.3, 0.4) is 0 Å². The van der Waals surface area contributed by atoms with E-state index in [4.69, 9.17) is 0 Å². The van der Waals surface area contributed by atoms with E-state index in [1.165, 1.54) is 24.3 Å². The fraction of sp³-hybridized carbons (Fsp3) is 0.286. The van der Waals surface area contributed by atoms with Crippen LogP contribution in [0.4, 0.5) is 0 Å². The first-order valence-electron chi connectivity index (χ1n) is 5.40. The number of rotatable bonds is 8. The van der Waals surface area contributed by atoms with Crippen LogP contribution < -0.4 is 12.3 Å². The third-order valence-electron chi connectivity index (χ3n) is 2.50. The molecule has 0 heterocycles. The Morgan fingerprint density at radius 2 is 0.700 bits per heavy atom. The Bertz CT molecular complexity index is 300. The van der Waals surface area contributed by atoms with Crippen LogP contribution in [-0.4, -0.2) is 44.8 Å². The zero-order valence-corrected chi connectivity index (χ0v) is 11.7. The van der Waals surface area contributed by atoms with Crippen molar-refractivity contribution in [2.45, 2.75) is 24.4 Å². The Morgan fingerprint density at radius 3 is 0.800 bits per heavy atom. The first kappa shape index (κ1) is 23.5. The van der Waals surface area contributed by atoms with Crippen LogP contribution in [0.5, 0.6) is 0 Å². The summed E-state index contributed by atoms with van der Waals surface area (Å²) in [5.41, 5.74) is 0.0274. The summed E-state index contributed by atoms with van der Waals surface area (Å²) < 4.78 is 0. The average molecular weight is 286 g/mol. The van der Waals surface area contributed by atoms with Crippen molar-refractivity contribution in [3.63, 3.8) is 0 Å². The summed E-state index contributed by atoms with van der Waals surface area (Å²) in [6.45, 7) is 13.6. The van der Waals surface area contributed by atoms with Gasteiger partial charge in [0.05, 0.1) is 24.4 Å². The van der Waals surface area contributed by atoms with Crippen molar-refractivity contribution < 1.29 is 20.4 Å². The molecule has 0 saturated carbocycles. The molecule has 0 aromatic heterocycles. The lowest BCUT2D eigenvalue weighted by atomic mass is 9.90. The lowest BCUT2D eigenvalue weighted by molar-refractivity contribution is 0.160. The average Bonchev–Trinajstić information content (AvgIpc) is 2.41. The van der Waals surface area contributed by atoms with E-state index < -0.39 is 24.4 Å². The van der Waals surface area contributed by atoms with Gasteiger partial charge in [0.15, 0.2) is 0 Å². The molecule has 0 saturated heterocycles. The van der Waals surface area contributed by atoms with Crippen LogP contribution in [0, 0.1) is 0 Å². The van der Waals surface area contributed by atoms with E-state index in [0.717, 1.165) is 0 Å². The van der Waals surface area contributed by atoms with Gasteiger partial charge in [-0.2, -0.15) is 0 Å². The molecule has 0 aromatic rings. The largest absolute Gasteiger partial charge is 0.385 e. The molecule has 20 heavy (non-hydrogen) atoms. The van der Waals surface area contributed by atoms with Crippen LogP contribution in [0.2, 0.25) is 0 Å². The smallest absolute Gasteiger partial charge is 0.0961 e. The number of aliphatic hydroxyl groups is 4. The fourth-order valence-electron chi connectivity index (χ4n) is 1.54. The Labute approximate surface area is 119 Å². The second-order valence-electron chi connectivity index (χ2n) is 3.63. The highest BCUT2D eigenvalue weighted by Crippen LogP contribution is 2.23. The molecule has 4 atom stereocenters. The third kappa shape index (κ3) is 5.62. The minimum atomic E-state index is -1.22. The van der Waals surface area contributed by atoms with Crippen LogP contribution in [0.25, 0.3) is 0 Å². The first-order chi connectivity index (χ1) is 8.44. The first-order valence-corrected chi connectivity index (χ1v) is 5.40. The SMILES string of the molecule is C=CC(O)C(=C(C(O)C=C)C(O)C=C)C(O)C=C.N.N. The highest BCUT2D eigenvalue weighted by molar-refractivity contribution is 5.36. The van der Waals surface area contributed by atoms with E-state index >= 15 is 0 Å². The van der Waals surface area contributed by atoms with Crippen molar-refractivity contribution in [1.82, 2.24) is 12.3 Å². The standard InChI is InChI=1S/C14H20O4.2H3N/c1-5-9(15)13(10(16)6-2)14(11(17)7-3)12(18)8-4;;/h5-12,15-18H,1-4H2;2*1H3. The van der Waals surface area contributed by atoms with Gasteiger partial charge in [-0.3, -0.25) is 0 Å². The highest BCUT2D eigenvalue weighted by atomic mass is 16.3. The number of hydrogen-bond acceptors (Lipinski definition) is 6. The Morgan fingerprint density at radius 1 is 0.550 bits per heavy atom. The van der Waals surface area contributed by atoms with Gasteiger partial charge in [-0.05, 0) is 11.1 Å². The van der Waals surface area contributed by atoms with Gasteiger partial charge in [-0.1, -0.05) is 24.3 Å². The van der Waals surface area contributed by atoms with Gasteiger partial charge in [0.2, 0.25) is 0 Å². The molecule has 6 nitrogen and oxygen atoms in total. The van der Waals surface area contributed by atoms with E-state index in [1.807, 2.05) is 0 Å². The van der Waals surface area contributed by atoms with Crippen LogP contribution >= 0.6 is 0 Å². The minimum absolute atomic E-state index is 0. The summed E-state index contributed by atoms with van der Waals surface area (Å²) in [7, 11) is 0. The second-order valence-corrected chi connectivity index (χ2v) is 3.63. The van der Waals surface area contributed by atoms with Gasteiger partial charge in [0.25, 0.3) is 0 Å². The van der Waals surface area contributed by atoms with E-state index in [0.29, 0.717) is 0 Å². The van der Waals surface area contributed by atoms with Gasteiger partial charge in [-0.15, -0.1) is 26.3 Å². The summed E-state index contributed by atoms with van der Waals surface area (Å²) in [4.78, 5) is 0. The van der Waals surface area contributed by atoms with Crippen molar-refractivity contribution in [1.29, 1.82) is 0 Å². The molecule has 0 aromatic carbocycles. The third-order valence-corrected chi connectivity index (χ3v) is 2.50. The van der Waals surface area contributed by atoms with E-state index in [-0.39, 0.29) is 23.4 Å². The number of aliphatic hydroxyl groups excluding tert-OH is 4. The van der Waals surface area contributed by atoms with Crippen molar-refractivity contribution in [3.8, 4) is 0 Å². The molecule has 0 aliphatic carbocycles. The molecule has 116 valence electrons. The van der Waals surface area contributed by atoms with Gasteiger partial charge < -0.3 is 32.7 Å². The maximum Gasteiger partial charge on any atom is 0.0961 e. The molecule has 0 spiro atoms. The molecule has 0 fully saturated rings. The molecule has 0 aliphatic rings. The molecule has 4 unspecified atom stereocenters. The highest BCUT2D eigenvalue weighted by Gasteiger charge is 2.26. The van der Waals surface area contributed by atoms with Crippen molar-refractivity contribution in [3.05, 3.63) is 61.8 Å². The molecular formula is C14H26N2O4. The normalized spacial score (nSPS) is 15.2. The van der Waals surface area contributed by atoms with Gasteiger partial charge in [0, 0.05) is 0 Å². The van der Waals surface area contributed by atoms with E-state index in [9.17, 15) is 20.4 Å².